The van der Waals surface area contributed by atoms with Crippen molar-refractivity contribution in [2.45, 2.75) is 0 Å². The first-order chi connectivity index (χ1) is 12.9. The van der Waals surface area contributed by atoms with E-state index in [9.17, 15) is 18.4 Å². The average molecular weight is 388 g/mol. The summed E-state index contributed by atoms with van der Waals surface area (Å²) in [6.07, 6.45) is 0. The van der Waals surface area contributed by atoms with Crippen LogP contribution >= 0.6 is 11.6 Å². The molecule has 8 heteroatoms. The van der Waals surface area contributed by atoms with Gasteiger partial charge in [0, 0.05) is 10.7 Å². The van der Waals surface area contributed by atoms with Crippen LogP contribution in [0.4, 0.5) is 20.2 Å². The van der Waals surface area contributed by atoms with Crippen LogP contribution in [0.15, 0.2) is 60.7 Å². The van der Waals surface area contributed by atoms with E-state index in [4.69, 9.17) is 11.6 Å². The van der Waals surface area contributed by atoms with Crippen molar-refractivity contribution in [3.63, 3.8) is 0 Å². The monoisotopic (exact) mass is 387 g/mol. The minimum absolute atomic E-state index is 0.0356. The van der Waals surface area contributed by atoms with Gasteiger partial charge in [-0.15, -0.1) is 0 Å². The highest BCUT2D eigenvalue weighted by Gasteiger charge is 2.16. The zero-order valence-electron chi connectivity index (χ0n) is 13.7. The minimum Gasteiger partial charge on any atom is -0.321 e. The second-order valence-corrected chi connectivity index (χ2v) is 5.86. The second-order valence-electron chi connectivity index (χ2n) is 5.42. The highest BCUT2D eigenvalue weighted by molar-refractivity contribution is 6.30. The van der Waals surface area contributed by atoms with Gasteiger partial charge in [0.25, 0.3) is 11.8 Å². The summed E-state index contributed by atoms with van der Waals surface area (Å²) in [6.45, 7) is 0. The number of nitrogens with one attached hydrogen (secondary N) is 2. The third-order valence-corrected chi connectivity index (χ3v) is 3.77. The molecule has 0 radical (unpaired) electrons. The first kappa shape index (κ1) is 18.5. The number of hydrogen-bond donors (Lipinski definition) is 2. The number of anilines is 2. The lowest BCUT2D eigenvalue weighted by Crippen LogP contribution is -2.19. The molecule has 27 heavy (non-hydrogen) atoms. The molecule has 2 amide bonds. The van der Waals surface area contributed by atoms with Crippen molar-refractivity contribution in [1.29, 1.82) is 0 Å². The summed E-state index contributed by atoms with van der Waals surface area (Å²) in [5, 5.41) is 5.25. The summed E-state index contributed by atoms with van der Waals surface area (Å²) in [6, 6.07) is 13.8. The van der Waals surface area contributed by atoms with Crippen molar-refractivity contribution < 1.29 is 18.4 Å². The molecule has 3 rings (SSSR count). The van der Waals surface area contributed by atoms with Crippen LogP contribution in [0.25, 0.3) is 0 Å². The molecule has 2 N–H and O–H groups in total. The molecule has 0 saturated heterocycles. The van der Waals surface area contributed by atoms with Crippen LogP contribution in [-0.2, 0) is 0 Å². The molecule has 0 saturated carbocycles. The molecule has 0 aliphatic heterocycles. The van der Waals surface area contributed by atoms with Gasteiger partial charge in [0.2, 0.25) is 0 Å². The third kappa shape index (κ3) is 4.45. The predicted molar refractivity (Wildman–Crippen MR) is 98.0 cm³/mol. The van der Waals surface area contributed by atoms with Gasteiger partial charge >= 0.3 is 0 Å². The van der Waals surface area contributed by atoms with E-state index in [1.54, 1.807) is 24.3 Å². The quantitative estimate of drug-likeness (QED) is 0.691. The summed E-state index contributed by atoms with van der Waals surface area (Å²) in [5.74, 6) is -3.23. The fourth-order valence-corrected chi connectivity index (χ4v) is 2.34. The predicted octanol–water partition coefficient (Wildman–Crippen LogP) is 4.52. The summed E-state index contributed by atoms with van der Waals surface area (Å²) in [7, 11) is 0. The molecule has 0 spiro atoms. The van der Waals surface area contributed by atoms with E-state index < -0.39 is 29.1 Å². The average Bonchev–Trinajstić information content (AvgIpc) is 2.66. The number of carbonyl (C=O) groups excluding carboxylic acids is 2. The van der Waals surface area contributed by atoms with Crippen molar-refractivity contribution in [2.75, 3.05) is 10.6 Å². The van der Waals surface area contributed by atoms with E-state index in [-0.39, 0.29) is 11.4 Å². The van der Waals surface area contributed by atoms with E-state index in [2.05, 4.69) is 15.6 Å². The molecule has 0 unspecified atom stereocenters. The Bertz CT molecular complexity index is 990. The largest absolute Gasteiger partial charge is 0.321 e. The standard InChI is InChI=1S/C19H12ClF2N3O2/c20-11-7-9-12(10-8-11)23-18(26)15-5-2-6-16(24-15)19(27)25-17-13(21)3-1-4-14(17)22/h1-10H,(H,23,26)(H,25,27). The molecule has 1 aromatic heterocycles. The highest BCUT2D eigenvalue weighted by atomic mass is 35.5. The van der Waals surface area contributed by atoms with Crippen LogP contribution in [0.2, 0.25) is 5.02 Å². The Morgan fingerprint density at radius 1 is 0.778 bits per heavy atom. The molecule has 136 valence electrons. The van der Waals surface area contributed by atoms with Gasteiger partial charge in [-0.1, -0.05) is 23.7 Å². The van der Waals surface area contributed by atoms with Crippen LogP contribution in [0.1, 0.15) is 21.0 Å². The number of hydrogen-bond acceptors (Lipinski definition) is 3. The van der Waals surface area contributed by atoms with Gasteiger partial charge in [-0.25, -0.2) is 13.8 Å². The number of aromatic nitrogens is 1. The number of benzene rings is 2. The van der Waals surface area contributed by atoms with E-state index >= 15 is 0 Å². The Morgan fingerprint density at radius 2 is 1.30 bits per heavy atom. The van der Waals surface area contributed by atoms with Gasteiger partial charge < -0.3 is 10.6 Å². The van der Waals surface area contributed by atoms with Crippen LogP contribution in [0.5, 0.6) is 0 Å². The Hall–Kier alpha value is -3.32. The molecule has 0 aliphatic carbocycles. The van der Waals surface area contributed by atoms with Gasteiger partial charge in [0.15, 0.2) is 0 Å². The SMILES string of the molecule is O=C(Nc1ccc(Cl)cc1)c1cccc(C(=O)Nc2c(F)cccc2F)n1. The van der Waals surface area contributed by atoms with Crippen molar-refractivity contribution in [3.05, 3.63) is 88.7 Å². The number of nitrogens with zero attached hydrogens (tertiary/aromatic N) is 1. The zero-order valence-corrected chi connectivity index (χ0v) is 14.4. The van der Waals surface area contributed by atoms with Crippen LogP contribution in [-0.4, -0.2) is 16.8 Å². The maximum Gasteiger partial charge on any atom is 0.274 e. The smallest absolute Gasteiger partial charge is 0.274 e. The van der Waals surface area contributed by atoms with E-state index in [0.29, 0.717) is 10.7 Å². The molecule has 3 aromatic rings. The normalized spacial score (nSPS) is 10.3. The Labute approximate surface area is 158 Å². The summed E-state index contributed by atoms with van der Waals surface area (Å²) >= 11 is 5.79. The number of amides is 2. The van der Waals surface area contributed by atoms with Crippen molar-refractivity contribution in [3.8, 4) is 0 Å². The fraction of sp³-hybridized carbons (Fsp3) is 0. The maximum atomic E-state index is 13.7. The molecule has 5 nitrogen and oxygen atoms in total. The van der Waals surface area contributed by atoms with E-state index in [1.807, 2.05) is 0 Å². The number of rotatable bonds is 4. The fourth-order valence-electron chi connectivity index (χ4n) is 2.21. The van der Waals surface area contributed by atoms with Crippen molar-refractivity contribution in [2.24, 2.45) is 0 Å². The molecule has 0 atom stereocenters. The Morgan fingerprint density at radius 3 is 1.89 bits per heavy atom. The molecule has 1 heterocycles. The minimum atomic E-state index is -0.917. The molecule has 2 aromatic carbocycles. The zero-order chi connectivity index (χ0) is 19.4. The summed E-state index contributed by atoms with van der Waals surface area (Å²) in [4.78, 5) is 28.5. The third-order valence-electron chi connectivity index (χ3n) is 3.52. The van der Waals surface area contributed by atoms with Gasteiger partial charge in [-0.05, 0) is 48.5 Å². The second kappa shape index (κ2) is 7.92. The van der Waals surface area contributed by atoms with E-state index in [1.165, 1.54) is 24.3 Å². The van der Waals surface area contributed by atoms with Gasteiger partial charge in [-0.3, -0.25) is 9.59 Å². The number of pyridine rings is 1. The topological polar surface area (TPSA) is 71.1 Å². The lowest BCUT2D eigenvalue weighted by Gasteiger charge is -2.08. The number of para-hydroxylation sites is 1. The van der Waals surface area contributed by atoms with Crippen LogP contribution in [0, 0.1) is 11.6 Å². The van der Waals surface area contributed by atoms with Crippen molar-refractivity contribution >= 4 is 34.8 Å². The molecular formula is C19H12ClF2N3O2. The molecule has 0 fully saturated rings. The highest BCUT2D eigenvalue weighted by Crippen LogP contribution is 2.19. The lowest BCUT2D eigenvalue weighted by atomic mass is 10.2. The molecular weight excluding hydrogens is 376 g/mol. The number of carbonyl (C=O) groups is 2. The first-order valence-electron chi connectivity index (χ1n) is 7.73. The Kier molecular flexibility index (Phi) is 5.42. The number of halogens is 3. The van der Waals surface area contributed by atoms with E-state index in [0.717, 1.165) is 12.1 Å². The van der Waals surface area contributed by atoms with Crippen LogP contribution < -0.4 is 10.6 Å². The molecule has 0 aliphatic rings. The van der Waals surface area contributed by atoms with Gasteiger partial charge in [-0.2, -0.15) is 0 Å². The van der Waals surface area contributed by atoms with Gasteiger partial charge in [0.05, 0.1) is 0 Å². The van der Waals surface area contributed by atoms with Gasteiger partial charge in [0.1, 0.15) is 28.7 Å². The lowest BCUT2D eigenvalue weighted by molar-refractivity contribution is 0.101. The Balaban J connectivity index is 1.77. The maximum absolute atomic E-state index is 13.7. The summed E-state index contributed by atoms with van der Waals surface area (Å²) < 4.78 is 27.3. The first-order valence-corrected chi connectivity index (χ1v) is 8.11. The van der Waals surface area contributed by atoms with Crippen LogP contribution in [0.3, 0.4) is 0 Å². The molecule has 0 bridgehead atoms. The van der Waals surface area contributed by atoms with Crippen molar-refractivity contribution in [1.82, 2.24) is 4.98 Å². The summed E-state index contributed by atoms with van der Waals surface area (Å²) in [5.41, 5.74) is -0.289.